The number of likely N-dealkylation sites (tertiary alicyclic amines) is 1. The highest BCUT2D eigenvalue weighted by Gasteiger charge is 2.65. The summed E-state index contributed by atoms with van der Waals surface area (Å²) in [6, 6.07) is -2.99. The second kappa shape index (κ2) is 12.6. The molecule has 0 spiro atoms. The summed E-state index contributed by atoms with van der Waals surface area (Å²) in [5, 5.41) is 10.6. The fourth-order valence-electron chi connectivity index (χ4n) is 5.81. The Bertz CT molecular complexity index is 1540. The summed E-state index contributed by atoms with van der Waals surface area (Å²) in [7, 11) is -8.81. The Hall–Kier alpha value is -3.61. The lowest BCUT2D eigenvalue weighted by atomic mass is 9.92. The minimum Gasteiger partial charge on any atom is -0.444 e. The standard InChI is InChI=1S/C30H41F7N6O5S/c1-18(2)42-17-38-40-25(42)24(26(44)39-19-11-13-30(31,32)14-12-19)43(20-7-9-22(10-8-20)49(33,34,35,36)37)27(45)23-15-21(47-6)16-41(23)28(46)48-29(3,4)5/h7-10,17-19,21,23-24H,11-16H2,1-6H3,(H,39,44)/t21-,23-,24?/m1/s1. The summed E-state index contributed by atoms with van der Waals surface area (Å²) in [4.78, 5) is 41.9. The summed E-state index contributed by atoms with van der Waals surface area (Å²) < 4.78 is 109. The van der Waals surface area contributed by atoms with E-state index in [0.717, 1.165) is 9.80 Å². The number of halogens is 7. The normalized spacial score (nSPS) is 22.3. The second-order valence-electron chi connectivity index (χ2n) is 13.6. The molecule has 2 fully saturated rings. The molecule has 4 rings (SSSR count). The van der Waals surface area contributed by atoms with E-state index in [1.165, 1.54) is 18.0 Å². The van der Waals surface area contributed by atoms with Crippen LogP contribution in [0.25, 0.3) is 0 Å². The lowest BCUT2D eigenvalue weighted by molar-refractivity contribution is -0.129. The van der Waals surface area contributed by atoms with Gasteiger partial charge in [-0.1, -0.05) is 19.4 Å². The molecule has 0 bridgehead atoms. The summed E-state index contributed by atoms with van der Waals surface area (Å²) in [6.07, 6.45) is -1.75. The van der Waals surface area contributed by atoms with Crippen LogP contribution >= 0.6 is 10.2 Å². The second-order valence-corrected chi connectivity index (χ2v) is 16.1. The lowest BCUT2D eigenvalue weighted by Gasteiger charge is -2.41. The molecule has 11 nitrogen and oxygen atoms in total. The molecule has 1 aromatic heterocycles. The fourth-order valence-corrected chi connectivity index (χ4v) is 6.46. The lowest BCUT2D eigenvalue weighted by Crippen LogP contribution is -2.54. The number of carbonyl (C=O) groups excluding carboxylic acids is 3. The van der Waals surface area contributed by atoms with Gasteiger partial charge in [-0.15, -0.1) is 10.2 Å². The first kappa shape index (κ1) is 38.2. The number of benzene rings is 1. The highest BCUT2D eigenvalue weighted by molar-refractivity contribution is 8.45. The van der Waals surface area contributed by atoms with Gasteiger partial charge in [0.15, 0.2) is 11.9 Å². The third kappa shape index (κ3) is 9.15. The molecule has 0 radical (unpaired) electrons. The van der Waals surface area contributed by atoms with Crippen molar-refractivity contribution in [3.05, 3.63) is 36.4 Å². The Labute approximate surface area is 279 Å². The third-order valence-electron chi connectivity index (χ3n) is 8.28. The average Bonchev–Trinajstić information content (AvgIpc) is 3.63. The summed E-state index contributed by atoms with van der Waals surface area (Å²) in [5.41, 5.74) is -1.42. The predicted octanol–water partition coefficient (Wildman–Crippen LogP) is 7.31. The maximum Gasteiger partial charge on any atom is 0.411 e. The molecule has 1 aliphatic heterocycles. The van der Waals surface area contributed by atoms with Crippen molar-refractivity contribution >= 4 is 33.8 Å². The zero-order chi connectivity index (χ0) is 36.8. The molecule has 3 atom stereocenters. The van der Waals surface area contributed by atoms with E-state index in [2.05, 4.69) is 15.5 Å². The maximum absolute atomic E-state index is 14.7. The van der Waals surface area contributed by atoms with E-state index in [0.29, 0.717) is 12.1 Å². The number of hydrogen-bond donors (Lipinski definition) is 1. The highest BCUT2D eigenvalue weighted by atomic mass is 32.5. The largest absolute Gasteiger partial charge is 0.444 e. The number of alkyl halides is 2. The van der Waals surface area contributed by atoms with E-state index in [1.807, 2.05) is 0 Å². The van der Waals surface area contributed by atoms with Crippen LogP contribution in [0.2, 0.25) is 0 Å². The molecule has 1 aromatic carbocycles. The predicted molar refractivity (Wildman–Crippen MR) is 166 cm³/mol. The average molecular weight is 731 g/mol. The van der Waals surface area contributed by atoms with E-state index < -0.39 is 93.4 Å². The zero-order valence-electron chi connectivity index (χ0n) is 27.8. The van der Waals surface area contributed by atoms with Gasteiger partial charge in [0, 0.05) is 44.1 Å². The molecule has 1 N–H and O–H groups in total. The molecule has 1 saturated heterocycles. The Morgan fingerprint density at radius 3 is 2.14 bits per heavy atom. The topological polar surface area (TPSA) is 119 Å². The summed E-state index contributed by atoms with van der Waals surface area (Å²) >= 11 is 0. The van der Waals surface area contributed by atoms with E-state index in [1.54, 1.807) is 34.6 Å². The summed E-state index contributed by atoms with van der Waals surface area (Å²) in [6.45, 7) is 8.06. The quantitative estimate of drug-likeness (QED) is 0.269. The molecule has 1 aliphatic carbocycles. The van der Waals surface area contributed by atoms with Crippen molar-refractivity contribution in [2.24, 2.45) is 0 Å². The SMILES string of the molecule is CO[C@@H]1C[C@H](C(=O)N(c2ccc(S(F)(F)(F)(F)F)cc2)C(C(=O)NC2CCC(F)(F)CC2)c2nncn2C(C)C)N(C(=O)OC(C)(C)C)C1. The van der Waals surface area contributed by atoms with Gasteiger partial charge in [-0.05, 0) is 71.7 Å². The molecule has 1 saturated carbocycles. The molecule has 3 amide bonds. The highest BCUT2D eigenvalue weighted by Crippen LogP contribution is 3.02. The van der Waals surface area contributed by atoms with Crippen LogP contribution < -0.4 is 10.2 Å². The van der Waals surface area contributed by atoms with Crippen molar-refractivity contribution in [2.75, 3.05) is 18.6 Å². The van der Waals surface area contributed by atoms with Gasteiger partial charge in [-0.2, -0.15) is 0 Å². The van der Waals surface area contributed by atoms with Crippen LogP contribution in [-0.2, 0) is 19.1 Å². The Kier molecular flexibility index (Phi) is 9.83. The van der Waals surface area contributed by atoms with Gasteiger partial charge in [0.2, 0.25) is 5.92 Å². The smallest absolute Gasteiger partial charge is 0.411 e. The van der Waals surface area contributed by atoms with Gasteiger partial charge < -0.3 is 19.4 Å². The van der Waals surface area contributed by atoms with E-state index >= 15 is 0 Å². The number of methoxy groups -OCH3 is 1. The Morgan fingerprint density at radius 2 is 1.63 bits per heavy atom. The van der Waals surface area contributed by atoms with Gasteiger partial charge in [0.25, 0.3) is 11.8 Å². The maximum atomic E-state index is 14.7. The zero-order valence-corrected chi connectivity index (χ0v) is 28.7. The van der Waals surface area contributed by atoms with Crippen molar-refractivity contribution in [3.63, 3.8) is 0 Å². The molecular formula is C30H41F7N6O5S. The first-order valence-electron chi connectivity index (χ1n) is 15.6. The van der Waals surface area contributed by atoms with Gasteiger partial charge in [0.1, 0.15) is 22.9 Å². The number of nitrogens with one attached hydrogen (secondary N) is 1. The van der Waals surface area contributed by atoms with Gasteiger partial charge in [-0.3, -0.25) is 19.4 Å². The molecule has 2 aromatic rings. The number of hydrogen-bond acceptors (Lipinski definition) is 7. The number of carbonyl (C=O) groups is 3. The van der Waals surface area contributed by atoms with Crippen molar-refractivity contribution in [2.45, 2.75) is 113 Å². The number of nitrogens with zero attached hydrogens (tertiary/aromatic N) is 5. The first-order chi connectivity index (χ1) is 22.3. The number of rotatable bonds is 9. The molecular weight excluding hydrogens is 689 g/mol. The minimum atomic E-state index is -10.2. The van der Waals surface area contributed by atoms with Gasteiger partial charge >= 0.3 is 16.3 Å². The van der Waals surface area contributed by atoms with Gasteiger partial charge in [-0.25, -0.2) is 13.6 Å². The molecule has 49 heavy (non-hydrogen) atoms. The number of ether oxygens (including phenoxy) is 2. The van der Waals surface area contributed by atoms with Crippen LogP contribution in [0.5, 0.6) is 0 Å². The van der Waals surface area contributed by atoms with Gasteiger partial charge in [0.05, 0.1) is 12.6 Å². The van der Waals surface area contributed by atoms with Crippen LogP contribution in [0.1, 0.15) is 84.6 Å². The van der Waals surface area contributed by atoms with Crippen molar-refractivity contribution in [3.8, 4) is 0 Å². The first-order valence-corrected chi connectivity index (χ1v) is 17.5. The van der Waals surface area contributed by atoms with Crippen molar-refractivity contribution in [1.82, 2.24) is 25.0 Å². The van der Waals surface area contributed by atoms with Crippen molar-refractivity contribution < 1.29 is 52.1 Å². The number of amides is 3. The molecule has 2 aliphatic rings. The van der Waals surface area contributed by atoms with E-state index in [4.69, 9.17) is 9.47 Å². The van der Waals surface area contributed by atoms with E-state index in [9.17, 15) is 42.6 Å². The van der Waals surface area contributed by atoms with Crippen LogP contribution in [0, 0.1) is 0 Å². The molecule has 276 valence electrons. The van der Waals surface area contributed by atoms with Crippen LogP contribution in [-0.4, -0.2) is 80.9 Å². The monoisotopic (exact) mass is 730 g/mol. The fraction of sp³-hybridized carbons (Fsp3) is 0.633. The number of anilines is 1. The van der Waals surface area contributed by atoms with Crippen molar-refractivity contribution in [1.29, 1.82) is 0 Å². The molecule has 19 heteroatoms. The van der Waals surface area contributed by atoms with E-state index in [-0.39, 0.29) is 43.8 Å². The minimum absolute atomic E-state index is 0.0980. The molecule has 2 heterocycles. The Balaban J connectivity index is 1.88. The third-order valence-corrected chi connectivity index (χ3v) is 9.44. The number of aromatic nitrogens is 3. The summed E-state index contributed by atoms with van der Waals surface area (Å²) in [5.74, 6) is -5.04. The van der Waals surface area contributed by atoms with Crippen LogP contribution in [0.3, 0.4) is 0 Å². The van der Waals surface area contributed by atoms with Crippen LogP contribution in [0.4, 0.5) is 38.7 Å². The Morgan fingerprint density at radius 1 is 1.04 bits per heavy atom. The molecule has 1 unspecified atom stereocenters. The van der Waals surface area contributed by atoms with Crippen LogP contribution in [0.15, 0.2) is 35.5 Å².